The Kier molecular flexibility index (Phi) is 3.57. The fourth-order valence-electron chi connectivity index (χ4n) is 3.29. The molecule has 2 aliphatic heterocycles. The molecule has 1 aromatic heterocycles. The van der Waals surface area contributed by atoms with Gasteiger partial charge in [-0.3, -0.25) is 0 Å². The third-order valence-electron chi connectivity index (χ3n) is 4.27. The lowest BCUT2D eigenvalue weighted by atomic mass is 9.83. The van der Waals surface area contributed by atoms with Crippen LogP contribution < -0.4 is 4.74 Å². The number of hydrogen-bond acceptors (Lipinski definition) is 3. The van der Waals surface area contributed by atoms with Crippen LogP contribution in [0.3, 0.4) is 0 Å². The van der Waals surface area contributed by atoms with Gasteiger partial charge in [-0.15, -0.1) is 0 Å². The molecular formula is C14H19BrN2O. The lowest BCUT2D eigenvalue weighted by Crippen LogP contribution is -2.52. The summed E-state index contributed by atoms with van der Waals surface area (Å²) in [6.45, 7) is 0. The molecule has 2 bridgehead atoms. The first-order valence-corrected chi connectivity index (χ1v) is 7.53. The molecule has 1 unspecified atom stereocenters. The van der Waals surface area contributed by atoms with E-state index < -0.39 is 0 Å². The minimum absolute atomic E-state index is 0.332. The molecule has 3 rings (SSSR count). The predicted octanol–water partition coefficient (Wildman–Crippen LogP) is 3.24. The number of piperidine rings is 2. The van der Waals surface area contributed by atoms with Crippen molar-refractivity contribution in [2.24, 2.45) is 0 Å². The molecule has 2 aliphatic rings. The van der Waals surface area contributed by atoms with E-state index in [0.717, 1.165) is 23.3 Å². The molecule has 2 fully saturated rings. The first-order valence-electron chi connectivity index (χ1n) is 6.73. The number of hydrogen-bond donors (Lipinski definition) is 0. The number of ether oxygens (including phenoxy) is 1. The van der Waals surface area contributed by atoms with E-state index in [-0.39, 0.29) is 0 Å². The summed E-state index contributed by atoms with van der Waals surface area (Å²) in [5.41, 5.74) is 0. The normalized spacial score (nSPS) is 32.2. The van der Waals surface area contributed by atoms with Crippen LogP contribution in [0.1, 0.15) is 32.1 Å². The Bertz CT molecular complexity index is 412. The van der Waals surface area contributed by atoms with Crippen LogP contribution in [0.5, 0.6) is 5.88 Å². The van der Waals surface area contributed by atoms with Crippen LogP contribution >= 0.6 is 15.9 Å². The number of fused-ring (bicyclic) bond motifs is 2. The van der Waals surface area contributed by atoms with Crippen LogP contribution in [0, 0.1) is 0 Å². The Morgan fingerprint density at radius 3 is 2.67 bits per heavy atom. The molecule has 0 aliphatic carbocycles. The van der Waals surface area contributed by atoms with E-state index in [4.69, 9.17) is 4.74 Å². The van der Waals surface area contributed by atoms with Crippen LogP contribution in [-0.2, 0) is 0 Å². The average Bonchev–Trinajstić information content (AvgIpc) is 2.30. The molecule has 98 valence electrons. The zero-order chi connectivity index (χ0) is 12.5. The first-order chi connectivity index (χ1) is 8.72. The zero-order valence-electron chi connectivity index (χ0n) is 10.7. The number of halogens is 1. The van der Waals surface area contributed by atoms with E-state index in [9.17, 15) is 0 Å². The molecular weight excluding hydrogens is 292 g/mol. The summed E-state index contributed by atoms with van der Waals surface area (Å²) >= 11 is 3.39. The summed E-state index contributed by atoms with van der Waals surface area (Å²) in [6.07, 6.45) is 6.62. The Hall–Kier alpha value is -0.610. The van der Waals surface area contributed by atoms with Gasteiger partial charge < -0.3 is 9.64 Å². The van der Waals surface area contributed by atoms with Gasteiger partial charge in [-0.25, -0.2) is 4.98 Å². The topological polar surface area (TPSA) is 25.4 Å². The number of rotatable bonds is 2. The minimum atomic E-state index is 0.332. The van der Waals surface area contributed by atoms with Crippen LogP contribution in [0.25, 0.3) is 0 Å². The third-order valence-corrected chi connectivity index (χ3v) is 4.72. The van der Waals surface area contributed by atoms with Gasteiger partial charge in [0.05, 0.1) is 0 Å². The largest absolute Gasteiger partial charge is 0.474 e. The highest BCUT2D eigenvalue weighted by Crippen LogP contribution is 2.34. The first kappa shape index (κ1) is 12.4. The monoisotopic (exact) mass is 310 g/mol. The zero-order valence-corrected chi connectivity index (χ0v) is 12.3. The van der Waals surface area contributed by atoms with E-state index in [2.05, 4.69) is 32.9 Å². The molecule has 4 heteroatoms. The average molecular weight is 311 g/mol. The molecule has 3 atom stereocenters. The molecule has 0 aromatic carbocycles. The van der Waals surface area contributed by atoms with E-state index in [1.165, 1.54) is 19.3 Å². The highest BCUT2D eigenvalue weighted by Gasteiger charge is 2.36. The van der Waals surface area contributed by atoms with Gasteiger partial charge in [0.2, 0.25) is 5.88 Å². The molecule has 3 heterocycles. The van der Waals surface area contributed by atoms with E-state index in [1.54, 1.807) is 0 Å². The van der Waals surface area contributed by atoms with Crippen molar-refractivity contribution >= 4 is 15.9 Å². The van der Waals surface area contributed by atoms with Gasteiger partial charge in [-0.05, 0) is 54.7 Å². The second-order valence-corrected chi connectivity index (χ2v) is 6.23. The van der Waals surface area contributed by atoms with E-state index >= 15 is 0 Å². The molecule has 18 heavy (non-hydrogen) atoms. The maximum absolute atomic E-state index is 6.05. The molecule has 0 saturated carbocycles. The van der Waals surface area contributed by atoms with Crippen molar-refractivity contribution in [3.8, 4) is 5.88 Å². The van der Waals surface area contributed by atoms with Crippen LogP contribution in [0.2, 0.25) is 0 Å². The second-order valence-electron chi connectivity index (χ2n) is 5.41. The lowest BCUT2D eigenvalue weighted by Gasteiger charge is -2.46. The fourth-order valence-corrected chi connectivity index (χ4v) is 3.62. The Balaban J connectivity index is 1.68. The van der Waals surface area contributed by atoms with Crippen LogP contribution in [0.15, 0.2) is 22.8 Å². The van der Waals surface area contributed by atoms with Crippen LogP contribution in [0.4, 0.5) is 0 Å². The summed E-state index contributed by atoms with van der Waals surface area (Å²) in [5.74, 6) is 0.747. The number of nitrogens with zero attached hydrogens (tertiary/aromatic N) is 2. The molecule has 0 spiro atoms. The SMILES string of the molecule is CN1[C@@H]2CCC[C@H]1CC(Oc1cccc(Br)n1)C2. The van der Waals surface area contributed by atoms with Crippen molar-refractivity contribution in [2.45, 2.75) is 50.3 Å². The Morgan fingerprint density at radius 2 is 2.00 bits per heavy atom. The molecule has 0 N–H and O–H groups in total. The van der Waals surface area contributed by atoms with Crippen molar-refractivity contribution in [1.29, 1.82) is 0 Å². The molecule has 1 aromatic rings. The summed E-state index contributed by atoms with van der Waals surface area (Å²) in [6, 6.07) is 7.25. The Labute approximate surface area is 117 Å². The Morgan fingerprint density at radius 1 is 1.28 bits per heavy atom. The van der Waals surface area contributed by atoms with Crippen molar-refractivity contribution in [3.05, 3.63) is 22.8 Å². The van der Waals surface area contributed by atoms with E-state index in [1.807, 2.05) is 18.2 Å². The predicted molar refractivity (Wildman–Crippen MR) is 74.8 cm³/mol. The molecule has 2 saturated heterocycles. The molecule has 0 radical (unpaired) electrons. The van der Waals surface area contributed by atoms with Gasteiger partial charge >= 0.3 is 0 Å². The third kappa shape index (κ3) is 2.54. The lowest BCUT2D eigenvalue weighted by molar-refractivity contribution is -0.00148. The maximum atomic E-state index is 6.05. The second kappa shape index (κ2) is 5.17. The summed E-state index contributed by atoms with van der Waals surface area (Å²) < 4.78 is 6.89. The minimum Gasteiger partial charge on any atom is -0.474 e. The van der Waals surface area contributed by atoms with Crippen molar-refractivity contribution in [3.63, 3.8) is 0 Å². The smallest absolute Gasteiger partial charge is 0.214 e. The number of aromatic nitrogens is 1. The standard InChI is InChI=1S/C14H19BrN2O/c1-17-10-4-2-5-11(17)9-12(8-10)18-14-7-3-6-13(15)16-14/h3,6-7,10-12H,2,4-5,8-9H2,1H3/t10-,11+,12?. The molecule has 3 nitrogen and oxygen atoms in total. The van der Waals surface area contributed by atoms with Gasteiger partial charge in [0.25, 0.3) is 0 Å². The van der Waals surface area contributed by atoms with Gasteiger partial charge in [-0.2, -0.15) is 0 Å². The van der Waals surface area contributed by atoms with Gasteiger partial charge in [-0.1, -0.05) is 12.5 Å². The summed E-state index contributed by atoms with van der Waals surface area (Å²) in [5, 5.41) is 0. The quantitative estimate of drug-likeness (QED) is 0.784. The van der Waals surface area contributed by atoms with E-state index in [0.29, 0.717) is 18.2 Å². The van der Waals surface area contributed by atoms with Crippen LogP contribution in [-0.4, -0.2) is 35.1 Å². The maximum Gasteiger partial charge on any atom is 0.214 e. The summed E-state index contributed by atoms with van der Waals surface area (Å²) in [4.78, 5) is 6.91. The van der Waals surface area contributed by atoms with Gasteiger partial charge in [0, 0.05) is 18.2 Å². The highest BCUT2D eigenvalue weighted by atomic mass is 79.9. The van der Waals surface area contributed by atoms with Gasteiger partial charge in [0.15, 0.2) is 0 Å². The van der Waals surface area contributed by atoms with Crippen molar-refractivity contribution in [1.82, 2.24) is 9.88 Å². The number of pyridine rings is 1. The van der Waals surface area contributed by atoms with Crippen molar-refractivity contribution in [2.75, 3.05) is 7.05 Å². The molecule has 0 amide bonds. The summed E-state index contributed by atoms with van der Waals surface area (Å²) in [7, 11) is 2.27. The highest BCUT2D eigenvalue weighted by molar-refractivity contribution is 9.10. The van der Waals surface area contributed by atoms with Crippen molar-refractivity contribution < 1.29 is 4.74 Å². The fraction of sp³-hybridized carbons (Fsp3) is 0.643. The van der Waals surface area contributed by atoms with Gasteiger partial charge in [0.1, 0.15) is 10.7 Å².